The molecule has 0 aliphatic carbocycles. The summed E-state index contributed by atoms with van der Waals surface area (Å²) in [7, 11) is 1.21. The molecule has 0 amide bonds. The maximum absolute atomic E-state index is 12.0. The molecule has 0 aromatic heterocycles. The Labute approximate surface area is 95.9 Å². The summed E-state index contributed by atoms with van der Waals surface area (Å²) in [6.07, 6.45) is -0.168. The molecular weight excluding hydrogens is 242 g/mol. The number of benzene rings is 1. The summed E-state index contributed by atoms with van der Waals surface area (Å²) >= 11 is 5.68. The Kier molecular flexibility index (Phi) is 4.49. The van der Waals surface area contributed by atoms with Crippen LogP contribution in [-0.2, 0) is 16.0 Å². The van der Waals surface area contributed by atoms with Gasteiger partial charge in [-0.3, -0.25) is 4.79 Å². The summed E-state index contributed by atoms with van der Waals surface area (Å²) in [4.78, 5) is 11.0. The van der Waals surface area contributed by atoms with Crippen molar-refractivity contribution in [1.29, 1.82) is 0 Å². The average molecular weight is 251 g/mol. The monoisotopic (exact) mass is 250 g/mol. The highest BCUT2D eigenvalue weighted by atomic mass is 35.5. The maximum Gasteiger partial charge on any atom is 0.387 e. The predicted molar refractivity (Wildman–Crippen MR) is 53.8 cm³/mol. The average Bonchev–Trinajstić information content (AvgIpc) is 2.21. The quantitative estimate of drug-likeness (QED) is 0.771. The van der Waals surface area contributed by atoms with Gasteiger partial charge in [-0.05, 0) is 18.2 Å². The topological polar surface area (TPSA) is 35.5 Å². The van der Waals surface area contributed by atoms with E-state index in [1.54, 1.807) is 0 Å². The van der Waals surface area contributed by atoms with Crippen LogP contribution >= 0.6 is 11.6 Å². The lowest BCUT2D eigenvalue weighted by Gasteiger charge is -2.10. The molecule has 1 aromatic carbocycles. The lowest BCUT2D eigenvalue weighted by Crippen LogP contribution is -2.09. The molecule has 0 heterocycles. The van der Waals surface area contributed by atoms with Crippen LogP contribution < -0.4 is 4.74 Å². The molecule has 0 N–H and O–H groups in total. The number of carbonyl (C=O) groups excluding carboxylic acids is 1. The lowest BCUT2D eigenvalue weighted by atomic mass is 10.1. The molecule has 6 heteroatoms. The molecule has 16 heavy (non-hydrogen) atoms. The van der Waals surface area contributed by atoms with Gasteiger partial charge in [-0.25, -0.2) is 0 Å². The van der Waals surface area contributed by atoms with E-state index in [2.05, 4.69) is 9.47 Å². The number of hydrogen-bond donors (Lipinski definition) is 0. The van der Waals surface area contributed by atoms with Crippen molar-refractivity contribution in [3.63, 3.8) is 0 Å². The Morgan fingerprint density at radius 2 is 2.19 bits per heavy atom. The summed E-state index contributed by atoms with van der Waals surface area (Å²) in [5.41, 5.74) is 0.264. The van der Waals surface area contributed by atoms with Gasteiger partial charge < -0.3 is 9.47 Å². The molecular formula is C10H9ClF2O3. The molecule has 0 unspecified atom stereocenters. The van der Waals surface area contributed by atoms with E-state index in [-0.39, 0.29) is 17.7 Å². The lowest BCUT2D eigenvalue weighted by molar-refractivity contribution is -0.139. The minimum Gasteiger partial charge on any atom is -0.469 e. The zero-order valence-corrected chi connectivity index (χ0v) is 9.13. The van der Waals surface area contributed by atoms with E-state index in [1.807, 2.05) is 0 Å². The fraction of sp³-hybridized carbons (Fsp3) is 0.300. The first kappa shape index (κ1) is 12.7. The molecule has 88 valence electrons. The standard InChI is InChI=1S/C10H9ClF2O3/c1-15-9(14)5-6-4-7(11)2-3-8(6)16-10(12)13/h2-4,10H,5H2,1H3. The first-order valence-electron chi connectivity index (χ1n) is 4.33. The third kappa shape index (κ3) is 3.66. The predicted octanol–water partition coefficient (Wildman–Crippen LogP) is 2.66. The van der Waals surface area contributed by atoms with E-state index in [4.69, 9.17) is 11.6 Å². The van der Waals surface area contributed by atoms with Crippen molar-refractivity contribution >= 4 is 17.6 Å². The van der Waals surface area contributed by atoms with E-state index in [1.165, 1.54) is 25.3 Å². The number of halogens is 3. The van der Waals surface area contributed by atoms with Crippen molar-refractivity contribution in [2.24, 2.45) is 0 Å². The van der Waals surface area contributed by atoms with Crippen LogP contribution in [0.1, 0.15) is 5.56 Å². The van der Waals surface area contributed by atoms with Crippen molar-refractivity contribution < 1.29 is 23.0 Å². The number of hydrogen-bond acceptors (Lipinski definition) is 3. The second-order valence-corrected chi connectivity index (χ2v) is 3.32. The zero-order valence-electron chi connectivity index (χ0n) is 8.38. The molecule has 0 saturated carbocycles. The van der Waals surface area contributed by atoms with Crippen LogP contribution in [0.25, 0.3) is 0 Å². The Hall–Kier alpha value is -1.36. The van der Waals surface area contributed by atoms with Crippen LogP contribution in [0.5, 0.6) is 5.75 Å². The molecule has 0 atom stereocenters. The van der Waals surface area contributed by atoms with E-state index in [0.717, 1.165) is 0 Å². The van der Waals surface area contributed by atoms with E-state index in [0.29, 0.717) is 5.02 Å². The van der Waals surface area contributed by atoms with Gasteiger partial charge >= 0.3 is 12.6 Å². The molecule has 0 radical (unpaired) electrons. The minimum atomic E-state index is -2.95. The molecule has 0 spiro atoms. The number of methoxy groups -OCH3 is 1. The second-order valence-electron chi connectivity index (χ2n) is 2.88. The van der Waals surface area contributed by atoms with Crippen LogP contribution in [-0.4, -0.2) is 19.7 Å². The van der Waals surface area contributed by atoms with Crippen molar-refractivity contribution in [1.82, 2.24) is 0 Å². The van der Waals surface area contributed by atoms with Crippen LogP contribution in [0.4, 0.5) is 8.78 Å². The number of esters is 1. The Morgan fingerprint density at radius 3 is 2.75 bits per heavy atom. The van der Waals surface area contributed by atoms with Crippen LogP contribution in [0.3, 0.4) is 0 Å². The third-order valence-electron chi connectivity index (χ3n) is 1.80. The Morgan fingerprint density at radius 1 is 1.50 bits per heavy atom. The van der Waals surface area contributed by atoms with Crippen LogP contribution in [0.15, 0.2) is 18.2 Å². The second kappa shape index (κ2) is 5.65. The highest BCUT2D eigenvalue weighted by Gasteiger charge is 2.13. The Bertz CT molecular complexity index is 382. The van der Waals surface area contributed by atoms with E-state index in [9.17, 15) is 13.6 Å². The summed E-state index contributed by atoms with van der Waals surface area (Å²) in [6.45, 7) is -2.95. The molecule has 1 rings (SSSR count). The van der Waals surface area contributed by atoms with Gasteiger partial charge in [0.15, 0.2) is 0 Å². The van der Waals surface area contributed by atoms with E-state index < -0.39 is 12.6 Å². The molecule has 0 fully saturated rings. The van der Waals surface area contributed by atoms with Gasteiger partial charge in [-0.15, -0.1) is 0 Å². The Balaban J connectivity index is 2.93. The number of rotatable bonds is 4. The molecule has 0 saturated heterocycles. The van der Waals surface area contributed by atoms with Crippen molar-refractivity contribution in [2.45, 2.75) is 13.0 Å². The third-order valence-corrected chi connectivity index (χ3v) is 2.04. The van der Waals surface area contributed by atoms with E-state index >= 15 is 0 Å². The normalized spacial score (nSPS) is 10.3. The van der Waals surface area contributed by atoms with Crippen molar-refractivity contribution in [3.8, 4) is 5.75 Å². The molecule has 0 aliphatic heterocycles. The van der Waals surface area contributed by atoms with Gasteiger partial charge in [-0.2, -0.15) is 8.78 Å². The van der Waals surface area contributed by atoms with Gasteiger partial charge in [0.2, 0.25) is 0 Å². The molecule has 0 bridgehead atoms. The van der Waals surface area contributed by atoms with Gasteiger partial charge in [-0.1, -0.05) is 11.6 Å². The number of carbonyl (C=O) groups is 1. The van der Waals surface area contributed by atoms with Crippen LogP contribution in [0.2, 0.25) is 5.02 Å². The van der Waals surface area contributed by atoms with Crippen LogP contribution in [0, 0.1) is 0 Å². The summed E-state index contributed by atoms with van der Waals surface area (Å²) in [5.74, 6) is -0.633. The zero-order chi connectivity index (χ0) is 12.1. The maximum atomic E-state index is 12.0. The fourth-order valence-corrected chi connectivity index (χ4v) is 1.32. The van der Waals surface area contributed by atoms with Gasteiger partial charge in [0, 0.05) is 10.6 Å². The summed E-state index contributed by atoms with van der Waals surface area (Å²) < 4.78 is 32.8. The minimum absolute atomic E-state index is 0.0789. The summed E-state index contributed by atoms with van der Waals surface area (Å²) in [6, 6.07) is 4.07. The molecule has 3 nitrogen and oxygen atoms in total. The number of ether oxygens (including phenoxy) is 2. The largest absolute Gasteiger partial charge is 0.469 e. The first-order valence-corrected chi connectivity index (χ1v) is 4.70. The molecule has 1 aromatic rings. The smallest absolute Gasteiger partial charge is 0.387 e. The highest BCUT2D eigenvalue weighted by molar-refractivity contribution is 6.30. The van der Waals surface area contributed by atoms with Gasteiger partial charge in [0.25, 0.3) is 0 Å². The SMILES string of the molecule is COC(=O)Cc1cc(Cl)ccc1OC(F)F. The fourth-order valence-electron chi connectivity index (χ4n) is 1.12. The van der Waals surface area contributed by atoms with Crippen molar-refractivity contribution in [2.75, 3.05) is 7.11 Å². The van der Waals surface area contributed by atoms with Gasteiger partial charge in [0.05, 0.1) is 13.5 Å². The van der Waals surface area contributed by atoms with Gasteiger partial charge in [0.1, 0.15) is 5.75 Å². The van der Waals surface area contributed by atoms with Crippen molar-refractivity contribution in [3.05, 3.63) is 28.8 Å². The summed E-state index contributed by atoms with van der Waals surface area (Å²) in [5, 5.41) is 0.334. The molecule has 0 aliphatic rings. The number of alkyl halides is 2. The first-order chi connectivity index (χ1) is 7.52. The highest BCUT2D eigenvalue weighted by Crippen LogP contribution is 2.25.